The second kappa shape index (κ2) is 10.3. The predicted molar refractivity (Wildman–Crippen MR) is 132 cm³/mol. The Bertz CT molecular complexity index is 1090. The van der Waals surface area contributed by atoms with Crippen LogP contribution >= 0.6 is 0 Å². The molecule has 0 spiro atoms. The molecule has 0 radical (unpaired) electrons. The van der Waals surface area contributed by atoms with Crippen molar-refractivity contribution in [2.75, 3.05) is 25.7 Å². The van der Waals surface area contributed by atoms with Crippen LogP contribution in [0.15, 0.2) is 53.3 Å². The Hall–Kier alpha value is -2.66. The highest BCUT2D eigenvalue weighted by atomic mass is 16.5. The van der Waals surface area contributed by atoms with Gasteiger partial charge in [0.05, 0.1) is 23.6 Å². The first-order valence-corrected chi connectivity index (χ1v) is 11.9. The molecule has 1 fully saturated rings. The number of benzene rings is 2. The summed E-state index contributed by atoms with van der Waals surface area (Å²) in [7, 11) is 3.85. The van der Waals surface area contributed by atoms with Crippen molar-refractivity contribution in [1.82, 2.24) is 9.55 Å². The fraction of sp³-hybridized carbons (Fsp3) is 0.481. The van der Waals surface area contributed by atoms with Gasteiger partial charge in [0.15, 0.2) is 0 Å². The summed E-state index contributed by atoms with van der Waals surface area (Å²) in [5, 5.41) is 0.691. The summed E-state index contributed by atoms with van der Waals surface area (Å²) < 4.78 is 7.36. The third-order valence-corrected chi connectivity index (χ3v) is 6.92. The van der Waals surface area contributed by atoms with E-state index in [0.717, 1.165) is 29.9 Å². The average Bonchev–Trinajstić information content (AvgIpc) is 2.83. The molecular weight excluding hydrogens is 398 g/mol. The maximum atomic E-state index is 13.7. The first kappa shape index (κ1) is 22.5. The molecule has 170 valence electrons. The number of methoxy groups -OCH3 is 1. The predicted octanol–water partition coefficient (Wildman–Crippen LogP) is 5.29. The smallest absolute Gasteiger partial charge is 0.261 e. The van der Waals surface area contributed by atoms with Crippen molar-refractivity contribution < 1.29 is 4.74 Å². The number of fused-ring (bicyclic) bond motifs is 1. The van der Waals surface area contributed by atoms with Gasteiger partial charge in [-0.05, 0) is 56.4 Å². The minimum Gasteiger partial charge on any atom is -0.383 e. The molecule has 1 aromatic heterocycles. The molecule has 0 aliphatic heterocycles. The Kier molecular flexibility index (Phi) is 7.26. The van der Waals surface area contributed by atoms with Crippen LogP contribution in [0.5, 0.6) is 0 Å². The number of ether oxygens (including phenoxy) is 1. The lowest BCUT2D eigenvalue weighted by Crippen LogP contribution is -2.34. The summed E-state index contributed by atoms with van der Waals surface area (Å²) in [5.74, 6) is 0.742. The molecular formula is C27H35N3O2. The zero-order valence-corrected chi connectivity index (χ0v) is 19.6. The molecule has 1 aliphatic carbocycles. The molecule has 5 heteroatoms. The molecule has 0 N–H and O–H groups in total. The largest absolute Gasteiger partial charge is 0.383 e. The summed E-state index contributed by atoms with van der Waals surface area (Å²) in [6.45, 7) is 2.41. The summed E-state index contributed by atoms with van der Waals surface area (Å²) >= 11 is 0. The number of nitrogens with zero attached hydrogens (tertiary/aromatic N) is 3. The molecule has 0 saturated heterocycles. The third-order valence-electron chi connectivity index (χ3n) is 6.92. The second-order valence-corrected chi connectivity index (χ2v) is 9.07. The Morgan fingerprint density at radius 1 is 1.12 bits per heavy atom. The lowest BCUT2D eigenvalue weighted by Gasteiger charge is -2.33. The molecule has 5 nitrogen and oxygen atoms in total. The van der Waals surface area contributed by atoms with Crippen molar-refractivity contribution in [2.24, 2.45) is 0 Å². The van der Waals surface area contributed by atoms with Gasteiger partial charge in [-0.25, -0.2) is 4.98 Å². The molecule has 0 unspecified atom stereocenters. The monoisotopic (exact) mass is 433 g/mol. The van der Waals surface area contributed by atoms with Crippen LogP contribution in [0.25, 0.3) is 10.9 Å². The number of rotatable bonds is 8. The van der Waals surface area contributed by atoms with E-state index in [4.69, 9.17) is 9.72 Å². The molecule has 32 heavy (non-hydrogen) atoms. The Morgan fingerprint density at radius 2 is 1.88 bits per heavy atom. The fourth-order valence-electron chi connectivity index (χ4n) is 5.08. The van der Waals surface area contributed by atoms with Gasteiger partial charge in [0.2, 0.25) is 0 Å². The minimum atomic E-state index is -0.0515. The topological polar surface area (TPSA) is 47.4 Å². The molecule has 2 aromatic carbocycles. The highest BCUT2D eigenvalue weighted by molar-refractivity contribution is 5.82. The highest BCUT2D eigenvalue weighted by Gasteiger charge is 2.21. The van der Waals surface area contributed by atoms with Crippen LogP contribution in [0.4, 0.5) is 5.69 Å². The van der Waals surface area contributed by atoms with E-state index in [0.29, 0.717) is 18.0 Å². The van der Waals surface area contributed by atoms with Crippen molar-refractivity contribution in [2.45, 2.75) is 64.0 Å². The van der Waals surface area contributed by atoms with E-state index in [-0.39, 0.29) is 11.6 Å². The van der Waals surface area contributed by atoms with Crippen LogP contribution in [0.3, 0.4) is 0 Å². The van der Waals surface area contributed by atoms with Gasteiger partial charge < -0.3 is 9.64 Å². The quantitative estimate of drug-likeness (QED) is 0.484. The first-order chi connectivity index (χ1) is 15.6. The Balaban J connectivity index is 1.67. The van der Waals surface area contributed by atoms with E-state index in [2.05, 4.69) is 42.3 Å². The van der Waals surface area contributed by atoms with Gasteiger partial charge in [0, 0.05) is 25.9 Å². The van der Waals surface area contributed by atoms with Crippen molar-refractivity contribution in [1.29, 1.82) is 0 Å². The maximum Gasteiger partial charge on any atom is 0.261 e. The van der Waals surface area contributed by atoms with E-state index >= 15 is 0 Å². The van der Waals surface area contributed by atoms with Gasteiger partial charge in [-0.1, -0.05) is 49.6 Å². The van der Waals surface area contributed by atoms with Crippen molar-refractivity contribution in [3.8, 4) is 0 Å². The van der Waals surface area contributed by atoms with Gasteiger partial charge >= 0.3 is 0 Å². The minimum absolute atomic E-state index is 0.0292. The van der Waals surface area contributed by atoms with Gasteiger partial charge in [-0.3, -0.25) is 9.36 Å². The zero-order valence-electron chi connectivity index (χ0n) is 19.6. The number of hydrogen-bond acceptors (Lipinski definition) is 4. The number of aryl methyl sites for hydroxylation is 2. The molecule has 3 aromatic rings. The number of hydrogen-bond donors (Lipinski definition) is 0. The Morgan fingerprint density at radius 3 is 2.59 bits per heavy atom. The van der Waals surface area contributed by atoms with Crippen LogP contribution in [0.1, 0.15) is 56.0 Å². The molecule has 1 atom stereocenters. The molecule has 1 saturated carbocycles. The number of anilines is 1. The van der Waals surface area contributed by atoms with Gasteiger partial charge in [0.25, 0.3) is 5.56 Å². The lowest BCUT2D eigenvalue weighted by atomic mass is 9.94. The van der Waals surface area contributed by atoms with Crippen LogP contribution in [-0.2, 0) is 11.2 Å². The Labute approximate surface area is 191 Å². The second-order valence-electron chi connectivity index (χ2n) is 9.07. The van der Waals surface area contributed by atoms with Crippen LogP contribution in [0.2, 0.25) is 0 Å². The molecule has 0 bridgehead atoms. The van der Waals surface area contributed by atoms with Crippen molar-refractivity contribution in [3.05, 3.63) is 70.3 Å². The molecule has 1 heterocycles. The molecule has 1 aliphatic rings. The van der Waals surface area contributed by atoms with E-state index in [9.17, 15) is 4.79 Å². The summed E-state index contributed by atoms with van der Waals surface area (Å²) in [6.07, 6.45) is 8.07. The van der Waals surface area contributed by atoms with Crippen LogP contribution < -0.4 is 10.5 Å². The van der Waals surface area contributed by atoms with Crippen molar-refractivity contribution >= 4 is 16.6 Å². The maximum absolute atomic E-state index is 13.7. The number of aromatic nitrogens is 2. The van der Waals surface area contributed by atoms with Gasteiger partial charge in [-0.15, -0.1) is 0 Å². The van der Waals surface area contributed by atoms with E-state index in [1.54, 1.807) is 7.11 Å². The lowest BCUT2D eigenvalue weighted by molar-refractivity contribution is 0.148. The summed E-state index contributed by atoms with van der Waals surface area (Å²) in [4.78, 5) is 20.8. The SMILES string of the molecule is COC[C@H](CCc1ccccc1)n1c(C)nc2ccc(N(C)C3CCCCC3)cc2c1=O. The average molecular weight is 434 g/mol. The van der Waals surface area contributed by atoms with E-state index in [1.165, 1.54) is 37.7 Å². The van der Waals surface area contributed by atoms with Crippen molar-refractivity contribution in [3.63, 3.8) is 0 Å². The first-order valence-electron chi connectivity index (χ1n) is 11.9. The van der Waals surface area contributed by atoms with Gasteiger partial charge in [-0.2, -0.15) is 0 Å². The van der Waals surface area contributed by atoms with Gasteiger partial charge in [0.1, 0.15) is 5.82 Å². The van der Waals surface area contributed by atoms with Crippen LogP contribution in [0, 0.1) is 6.92 Å². The van der Waals surface area contributed by atoms with E-state index in [1.807, 2.05) is 29.7 Å². The summed E-state index contributed by atoms with van der Waals surface area (Å²) in [6, 6.07) is 17.0. The highest BCUT2D eigenvalue weighted by Crippen LogP contribution is 2.28. The third kappa shape index (κ3) is 4.88. The molecule has 4 rings (SSSR count). The zero-order chi connectivity index (χ0) is 22.5. The fourth-order valence-corrected chi connectivity index (χ4v) is 5.08. The molecule has 0 amide bonds. The van der Waals surface area contributed by atoms with E-state index < -0.39 is 0 Å². The summed E-state index contributed by atoms with van der Waals surface area (Å²) in [5.41, 5.74) is 3.17. The normalized spacial score (nSPS) is 15.7. The standard InChI is InChI=1S/C27H35N3O2/c1-20-28-26-17-16-23(29(2)22-12-8-5-9-13-22)18-25(26)27(31)30(20)24(19-32-3)15-14-21-10-6-4-7-11-21/h4,6-7,10-11,16-18,22,24H,5,8-9,12-15,19H2,1-3H3/t24-/m0/s1. The van der Waals surface area contributed by atoms with Crippen LogP contribution in [-0.4, -0.2) is 36.4 Å².